The molecule has 0 spiro atoms. The molecular weight excluding hydrogens is 234 g/mol. The summed E-state index contributed by atoms with van der Waals surface area (Å²) < 4.78 is 0.891. The van der Waals surface area contributed by atoms with Crippen LogP contribution in [0.25, 0.3) is 0 Å². The van der Waals surface area contributed by atoms with E-state index in [1.165, 1.54) is 6.92 Å². The molecule has 1 heterocycles. The number of hydrogen-bond acceptors (Lipinski definition) is 5. The highest BCUT2D eigenvalue weighted by atomic mass is 32.2. The molecule has 0 amide bonds. The maximum Gasteiger partial charge on any atom is 0.333 e. The van der Waals surface area contributed by atoms with Crippen molar-refractivity contribution >= 4 is 16.9 Å². The van der Waals surface area contributed by atoms with Crippen molar-refractivity contribution in [2.45, 2.75) is 19.9 Å². The van der Waals surface area contributed by atoms with Gasteiger partial charge in [-0.1, -0.05) is 11.8 Å². The third-order valence-electron chi connectivity index (χ3n) is 1.76. The molecule has 1 aromatic rings. The Bertz CT molecular complexity index is 507. The first-order valence-corrected chi connectivity index (χ1v) is 5.56. The molecule has 8 heteroatoms. The lowest BCUT2D eigenvalue weighted by Crippen LogP contribution is -2.43. The molecule has 0 fully saturated rings. The number of hydrogen-bond donors (Lipinski definition) is 2. The van der Waals surface area contributed by atoms with Crippen molar-refractivity contribution in [1.82, 2.24) is 14.5 Å². The van der Waals surface area contributed by atoms with Gasteiger partial charge in [0.1, 0.15) is 0 Å². The molecule has 88 valence electrons. The highest BCUT2D eigenvalue weighted by Crippen LogP contribution is 2.02. The lowest BCUT2D eigenvalue weighted by molar-refractivity contribution is -0.109. The van der Waals surface area contributed by atoms with Gasteiger partial charge in [0.05, 0.1) is 0 Å². The summed E-state index contributed by atoms with van der Waals surface area (Å²) in [5.41, 5.74) is -2.28. The fourth-order valence-corrected chi connectivity index (χ4v) is 1.66. The number of carbonyl (C=O) groups is 1. The first kappa shape index (κ1) is 12.5. The zero-order valence-corrected chi connectivity index (χ0v) is 9.43. The lowest BCUT2D eigenvalue weighted by Gasteiger charge is -2.01. The second kappa shape index (κ2) is 5.50. The minimum absolute atomic E-state index is 0.0114. The molecule has 16 heavy (non-hydrogen) atoms. The monoisotopic (exact) mass is 245 g/mol. The molecule has 7 nitrogen and oxygen atoms in total. The van der Waals surface area contributed by atoms with Gasteiger partial charge < -0.3 is 0 Å². The van der Waals surface area contributed by atoms with Crippen molar-refractivity contribution in [3.8, 4) is 0 Å². The van der Waals surface area contributed by atoms with Crippen LogP contribution in [0.1, 0.15) is 13.3 Å². The van der Waals surface area contributed by atoms with E-state index in [9.17, 15) is 19.2 Å². The number of carbonyl (C=O) groups excluding carboxylic acids is 1. The number of H-pyrrole nitrogens is 2. The number of nitrogens with one attached hydrogen (secondary N) is 2. The van der Waals surface area contributed by atoms with E-state index < -0.39 is 17.1 Å². The van der Waals surface area contributed by atoms with E-state index in [1.54, 1.807) is 0 Å². The predicted molar refractivity (Wildman–Crippen MR) is 59.7 cm³/mol. The molecule has 0 radical (unpaired) electrons. The van der Waals surface area contributed by atoms with Gasteiger partial charge in [-0.2, -0.15) is 0 Å². The van der Waals surface area contributed by atoms with Gasteiger partial charge in [0.15, 0.2) is 5.12 Å². The van der Waals surface area contributed by atoms with E-state index in [-0.39, 0.29) is 11.7 Å². The number of aromatic amines is 2. The van der Waals surface area contributed by atoms with Crippen LogP contribution in [0.2, 0.25) is 0 Å². The number of nitrogens with zero attached hydrogens (tertiary/aromatic N) is 1. The third kappa shape index (κ3) is 3.54. The topological polar surface area (TPSA) is 105 Å². The fraction of sp³-hybridized carbons (Fsp3) is 0.500. The zero-order valence-electron chi connectivity index (χ0n) is 8.61. The summed E-state index contributed by atoms with van der Waals surface area (Å²) in [6.07, 6.45) is 0.499. The second-order valence-corrected chi connectivity index (χ2v) is 4.31. The smallest absolute Gasteiger partial charge is 0.288 e. The molecule has 0 unspecified atom stereocenters. The van der Waals surface area contributed by atoms with Crippen LogP contribution in [0.5, 0.6) is 0 Å². The van der Waals surface area contributed by atoms with Crippen LogP contribution in [0.15, 0.2) is 14.4 Å². The molecular formula is C8H11N3O4S. The zero-order chi connectivity index (χ0) is 12.1. The Balaban J connectivity index is 2.68. The van der Waals surface area contributed by atoms with E-state index >= 15 is 0 Å². The minimum atomic E-state index is -0.815. The van der Waals surface area contributed by atoms with Crippen LogP contribution < -0.4 is 17.1 Å². The minimum Gasteiger partial charge on any atom is -0.288 e. The van der Waals surface area contributed by atoms with Gasteiger partial charge >= 0.3 is 17.1 Å². The summed E-state index contributed by atoms with van der Waals surface area (Å²) in [4.78, 5) is 47.6. The first-order valence-electron chi connectivity index (χ1n) is 4.57. The molecule has 0 aliphatic rings. The van der Waals surface area contributed by atoms with E-state index in [4.69, 9.17) is 0 Å². The van der Waals surface area contributed by atoms with Crippen LogP contribution in [-0.2, 0) is 11.3 Å². The molecule has 0 bridgehead atoms. The Kier molecular flexibility index (Phi) is 4.29. The summed E-state index contributed by atoms with van der Waals surface area (Å²) >= 11 is 1.13. The molecule has 0 aliphatic carbocycles. The first-order chi connectivity index (χ1) is 7.50. The van der Waals surface area contributed by atoms with Crippen LogP contribution >= 0.6 is 11.8 Å². The van der Waals surface area contributed by atoms with Gasteiger partial charge in [0, 0.05) is 19.2 Å². The van der Waals surface area contributed by atoms with Crippen LogP contribution in [0.3, 0.4) is 0 Å². The van der Waals surface area contributed by atoms with Crippen molar-refractivity contribution in [2.24, 2.45) is 0 Å². The predicted octanol–water partition coefficient (Wildman–Crippen LogP) is -1.11. The Morgan fingerprint density at radius 2 is 1.81 bits per heavy atom. The van der Waals surface area contributed by atoms with E-state index in [2.05, 4.69) is 0 Å². The van der Waals surface area contributed by atoms with Gasteiger partial charge in [0.2, 0.25) is 0 Å². The van der Waals surface area contributed by atoms with Crippen molar-refractivity contribution in [2.75, 3.05) is 5.75 Å². The Morgan fingerprint density at radius 3 is 2.31 bits per heavy atom. The van der Waals surface area contributed by atoms with Crippen molar-refractivity contribution in [3.05, 3.63) is 31.5 Å². The lowest BCUT2D eigenvalue weighted by atomic mass is 10.5. The summed E-state index contributed by atoms with van der Waals surface area (Å²) in [5, 5.41) is -0.0114. The molecule has 0 atom stereocenters. The molecule has 0 saturated heterocycles. The van der Waals surface area contributed by atoms with Crippen molar-refractivity contribution in [1.29, 1.82) is 0 Å². The molecule has 0 aromatic carbocycles. The molecule has 2 N–H and O–H groups in total. The molecule has 0 aliphatic heterocycles. The molecule has 0 saturated carbocycles. The Morgan fingerprint density at radius 1 is 1.25 bits per heavy atom. The number of aromatic nitrogens is 3. The largest absolute Gasteiger partial charge is 0.333 e. The van der Waals surface area contributed by atoms with Gasteiger partial charge in [-0.25, -0.2) is 19.0 Å². The van der Waals surface area contributed by atoms with Crippen LogP contribution in [0, 0.1) is 0 Å². The van der Waals surface area contributed by atoms with Gasteiger partial charge in [-0.15, -0.1) is 0 Å². The maximum absolute atomic E-state index is 11.2. The summed E-state index contributed by atoms with van der Waals surface area (Å²) in [7, 11) is 0. The fourth-order valence-electron chi connectivity index (χ4n) is 1.09. The summed E-state index contributed by atoms with van der Waals surface area (Å²) in [6.45, 7) is 1.62. The summed E-state index contributed by atoms with van der Waals surface area (Å²) in [6, 6.07) is 0. The van der Waals surface area contributed by atoms with Crippen molar-refractivity contribution in [3.63, 3.8) is 0 Å². The van der Waals surface area contributed by atoms with Crippen molar-refractivity contribution < 1.29 is 4.79 Å². The van der Waals surface area contributed by atoms with Gasteiger partial charge in [-0.05, 0) is 6.42 Å². The van der Waals surface area contributed by atoms with Crippen LogP contribution in [0.4, 0.5) is 0 Å². The standard InChI is InChI=1S/C8H11N3O4S/c1-5(12)16-4-2-3-11-7(14)9-6(13)10-8(11)15/h2-4H2,1H3,(H2,9,10,13,14,15). The Hall–Kier alpha value is -1.57. The van der Waals surface area contributed by atoms with Crippen LogP contribution in [-0.4, -0.2) is 25.4 Å². The highest BCUT2D eigenvalue weighted by Gasteiger charge is 2.02. The normalized spacial score (nSPS) is 10.3. The molecule has 1 rings (SSSR count). The van der Waals surface area contributed by atoms with E-state index in [0.29, 0.717) is 12.2 Å². The second-order valence-electron chi connectivity index (χ2n) is 3.03. The Labute approximate surface area is 93.9 Å². The van der Waals surface area contributed by atoms with Gasteiger partial charge in [-0.3, -0.25) is 14.8 Å². The number of thioether (sulfide) groups is 1. The van der Waals surface area contributed by atoms with E-state index in [1.807, 2.05) is 9.97 Å². The number of rotatable bonds is 4. The average Bonchev–Trinajstić information content (AvgIpc) is 2.14. The molecule has 1 aromatic heterocycles. The van der Waals surface area contributed by atoms with Gasteiger partial charge in [0.25, 0.3) is 0 Å². The van der Waals surface area contributed by atoms with E-state index in [0.717, 1.165) is 16.3 Å². The third-order valence-corrected chi connectivity index (χ3v) is 2.66. The quantitative estimate of drug-likeness (QED) is 0.655. The summed E-state index contributed by atoms with van der Waals surface area (Å²) in [5.74, 6) is 0.528. The SMILES string of the molecule is CC(=O)SCCCn1c(=O)[nH]c(=O)[nH]c1=O. The maximum atomic E-state index is 11.2. The highest BCUT2D eigenvalue weighted by molar-refractivity contribution is 8.13. The average molecular weight is 245 g/mol.